The summed E-state index contributed by atoms with van der Waals surface area (Å²) in [5, 5.41) is 2.86. The lowest BCUT2D eigenvalue weighted by atomic mass is 10.1. The SMILES string of the molecule is CCOc1ccccc1N(CC(=O)N(Cc1ccc(F)cc1)[C@@H](C)C(=O)N[C@H](C)CC)S(C)(=O)=O. The third-order valence-corrected chi connectivity index (χ3v) is 6.67. The van der Waals surface area contributed by atoms with Crippen molar-refractivity contribution in [2.24, 2.45) is 0 Å². The van der Waals surface area contributed by atoms with Crippen LogP contribution in [0.15, 0.2) is 48.5 Å². The van der Waals surface area contributed by atoms with E-state index in [1.165, 1.54) is 29.2 Å². The summed E-state index contributed by atoms with van der Waals surface area (Å²) in [6, 6.07) is 11.1. The number of rotatable bonds is 12. The Morgan fingerprint density at radius 3 is 2.26 bits per heavy atom. The highest BCUT2D eigenvalue weighted by molar-refractivity contribution is 7.92. The van der Waals surface area contributed by atoms with E-state index < -0.39 is 34.3 Å². The lowest BCUT2D eigenvalue weighted by Gasteiger charge is -2.32. The molecule has 0 saturated heterocycles. The predicted octanol–water partition coefficient (Wildman–Crippen LogP) is 3.32. The van der Waals surface area contributed by atoms with Gasteiger partial charge in [-0.05, 0) is 57.0 Å². The third kappa shape index (κ3) is 7.95. The summed E-state index contributed by atoms with van der Waals surface area (Å²) < 4.78 is 45.4. The van der Waals surface area contributed by atoms with Crippen LogP contribution < -0.4 is 14.4 Å². The van der Waals surface area contributed by atoms with E-state index >= 15 is 0 Å². The van der Waals surface area contributed by atoms with Crippen molar-refractivity contribution in [1.29, 1.82) is 0 Å². The van der Waals surface area contributed by atoms with Gasteiger partial charge in [-0.1, -0.05) is 31.2 Å². The molecule has 8 nitrogen and oxygen atoms in total. The van der Waals surface area contributed by atoms with Crippen LogP contribution in [-0.2, 0) is 26.2 Å². The maximum atomic E-state index is 13.5. The number of nitrogens with one attached hydrogen (secondary N) is 1. The number of halogens is 1. The summed E-state index contributed by atoms with van der Waals surface area (Å²) in [6.45, 7) is 6.91. The van der Waals surface area contributed by atoms with Gasteiger partial charge in [0.1, 0.15) is 24.2 Å². The van der Waals surface area contributed by atoms with Crippen LogP contribution in [0.3, 0.4) is 0 Å². The van der Waals surface area contributed by atoms with Crippen LogP contribution in [0.25, 0.3) is 0 Å². The topological polar surface area (TPSA) is 96.0 Å². The van der Waals surface area contributed by atoms with Crippen molar-refractivity contribution in [3.8, 4) is 5.75 Å². The number of sulfonamides is 1. The quantitative estimate of drug-likeness (QED) is 0.476. The molecular weight excluding hydrogens is 473 g/mol. The summed E-state index contributed by atoms with van der Waals surface area (Å²) in [7, 11) is -3.88. The largest absolute Gasteiger partial charge is 0.492 e. The highest BCUT2D eigenvalue weighted by atomic mass is 32.2. The standard InChI is InChI=1S/C25H34FN3O5S/c1-6-18(3)27-25(31)19(4)28(16-20-12-14-21(26)15-13-20)24(30)17-29(35(5,32)33)22-10-8-9-11-23(22)34-7-2/h8-15,18-19H,6-7,16-17H2,1-5H3,(H,27,31)/t18-,19+/m1/s1. The van der Waals surface area contributed by atoms with Gasteiger partial charge in [0, 0.05) is 12.6 Å². The van der Waals surface area contributed by atoms with Crippen LogP contribution >= 0.6 is 0 Å². The summed E-state index contributed by atoms with van der Waals surface area (Å²) in [5.41, 5.74) is 0.826. The molecule has 0 unspecified atom stereocenters. The van der Waals surface area contributed by atoms with E-state index in [2.05, 4.69) is 5.32 Å². The molecule has 0 radical (unpaired) electrons. The first-order chi connectivity index (χ1) is 16.5. The van der Waals surface area contributed by atoms with Crippen LogP contribution in [0.5, 0.6) is 5.75 Å². The van der Waals surface area contributed by atoms with Crippen LogP contribution in [-0.4, -0.2) is 56.6 Å². The molecule has 0 aliphatic rings. The zero-order chi connectivity index (χ0) is 26.2. The van der Waals surface area contributed by atoms with E-state index in [0.29, 0.717) is 24.3 Å². The molecule has 2 rings (SSSR count). The molecule has 10 heteroatoms. The maximum Gasteiger partial charge on any atom is 0.244 e. The van der Waals surface area contributed by atoms with Crippen molar-refractivity contribution in [2.45, 2.75) is 52.7 Å². The number of hydrogen-bond acceptors (Lipinski definition) is 5. The highest BCUT2D eigenvalue weighted by Crippen LogP contribution is 2.30. The Labute approximate surface area is 207 Å². The number of anilines is 1. The Balaban J connectivity index is 2.42. The molecule has 35 heavy (non-hydrogen) atoms. The number of hydrogen-bond donors (Lipinski definition) is 1. The second kappa shape index (κ2) is 12.5. The minimum Gasteiger partial charge on any atom is -0.492 e. The molecule has 0 aromatic heterocycles. The first kappa shape index (κ1) is 28.1. The van der Waals surface area contributed by atoms with E-state index in [-0.39, 0.29) is 24.2 Å². The number of carbonyl (C=O) groups excluding carboxylic acids is 2. The zero-order valence-electron chi connectivity index (χ0n) is 20.8. The van der Waals surface area contributed by atoms with Crippen LogP contribution in [0, 0.1) is 5.82 Å². The monoisotopic (exact) mass is 507 g/mol. The van der Waals surface area contributed by atoms with Gasteiger partial charge < -0.3 is 15.0 Å². The van der Waals surface area contributed by atoms with Crippen molar-refractivity contribution in [3.63, 3.8) is 0 Å². The van der Waals surface area contributed by atoms with Crippen LogP contribution in [0.2, 0.25) is 0 Å². The van der Waals surface area contributed by atoms with E-state index in [1.807, 2.05) is 13.8 Å². The van der Waals surface area contributed by atoms with Gasteiger partial charge in [-0.2, -0.15) is 0 Å². The van der Waals surface area contributed by atoms with Gasteiger partial charge in [0.25, 0.3) is 0 Å². The normalized spacial score (nSPS) is 13.0. The molecule has 0 saturated carbocycles. The van der Waals surface area contributed by atoms with Crippen molar-refractivity contribution in [2.75, 3.05) is 23.7 Å². The first-order valence-corrected chi connectivity index (χ1v) is 13.4. The zero-order valence-corrected chi connectivity index (χ0v) is 21.6. The molecule has 0 spiro atoms. The second-order valence-corrected chi connectivity index (χ2v) is 10.2. The lowest BCUT2D eigenvalue weighted by molar-refractivity contribution is -0.139. The molecule has 0 fully saturated rings. The molecule has 192 valence electrons. The average molecular weight is 508 g/mol. The van der Waals surface area contributed by atoms with Crippen molar-refractivity contribution >= 4 is 27.5 Å². The molecule has 1 N–H and O–H groups in total. The number of carbonyl (C=O) groups is 2. The number of amides is 2. The van der Waals surface area contributed by atoms with Gasteiger partial charge >= 0.3 is 0 Å². The fourth-order valence-electron chi connectivity index (χ4n) is 3.37. The predicted molar refractivity (Wildman–Crippen MR) is 134 cm³/mol. The summed E-state index contributed by atoms with van der Waals surface area (Å²) in [6.07, 6.45) is 1.72. The highest BCUT2D eigenvalue weighted by Gasteiger charge is 2.31. The Morgan fingerprint density at radius 1 is 1.06 bits per heavy atom. The van der Waals surface area contributed by atoms with Gasteiger partial charge in [-0.25, -0.2) is 12.8 Å². The molecular formula is C25H34FN3O5S. The Morgan fingerprint density at radius 2 is 1.69 bits per heavy atom. The van der Waals surface area contributed by atoms with E-state index in [0.717, 1.165) is 10.6 Å². The Hall–Kier alpha value is -3.14. The molecule has 0 aliphatic carbocycles. The first-order valence-electron chi connectivity index (χ1n) is 11.5. The lowest BCUT2D eigenvalue weighted by Crippen LogP contribution is -2.52. The number of nitrogens with zero attached hydrogens (tertiary/aromatic N) is 2. The molecule has 2 amide bonds. The molecule has 0 bridgehead atoms. The van der Waals surface area contributed by atoms with Gasteiger partial charge in [-0.3, -0.25) is 13.9 Å². The fourth-order valence-corrected chi connectivity index (χ4v) is 4.22. The van der Waals surface area contributed by atoms with Gasteiger partial charge in [0.2, 0.25) is 21.8 Å². The minimum absolute atomic E-state index is 0.00108. The third-order valence-electron chi connectivity index (χ3n) is 5.55. The molecule has 0 heterocycles. The van der Waals surface area contributed by atoms with Crippen LogP contribution in [0.4, 0.5) is 10.1 Å². The summed E-state index contributed by atoms with van der Waals surface area (Å²) in [4.78, 5) is 27.7. The fraction of sp³-hybridized carbons (Fsp3) is 0.440. The molecule has 2 atom stereocenters. The summed E-state index contributed by atoms with van der Waals surface area (Å²) >= 11 is 0. The van der Waals surface area contributed by atoms with E-state index in [4.69, 9.17) is 4.74 Å². The molecule has 2 aromatic carbocycles. The number of para-hydroxylation sites is 2. The van der Waals surface area contributed by atoms with Gasteiger partial charge in [-0.15, -0.1) is 0 Å². The molecule has 0 aliphatic heterocycles. The van der Waals surface area contributed by atoms with Gasteiger partial charge in [0.15, 0.2) is 0 Å². The summed E-state index contributed by atoms with van der Waals surface area (Å²) in [5.74, 6) is -1.06. The van der Waals surface area contributed by atoms with E-state index in [1.54, 1.807) is 38.1 Å². The Bertz CT molecular complexity index is 1110. The van der Waals surface area contributed by atoms with Crippen molar-refractivity contribution < 1.29 is 27.1 Å². The number of ether oxygens (including phenoxy) is 1. The van der Waals surface area contributed by atoms with Gasteiger partial charge in [0.05, 0.1) is 18.6 Å². The smallest absolute Gasteiger partial charge is 0.244 e. The van der Waals surface area contributed by atoms with Crippen molar-refractivity contribution in [3.05, 3.63) is 59.9 Å². The minimum atomic E-state index is -3.88. The average Bonchev–Trinajstić information content (AvgIpc) is 2.81. The van der Waals surface area contributed by atoms with Crippen LogP contribution in [0.1, 0.15) is 39.7 Å². The van der Waals surface area contributed by atoms with E-state index in [9.17, 15) is 22.4 Å². The maximum absolute atomic E-state index is 13.5. The Kier molecular flexibility index (Phi) is 10.1. The van der Waals surface area contributed by atoms with Crippen molar-refractivity contribution in [1.82, 2.24) is 10.2 Å². The molecule has 2 aromatic rings. The number of benzene rings is 2. The second-order valence-electron chi connectivity index (χ2n) is 8.31.